The third-order valence-electron chi connectivity index (χ3n) is 4.06. The van der Waals surface area contributed by atoms with Crippen LogP contribution in [0.25, 0.3) is 11.0 Å². The van der Waals surface area contributed by atoms with Crippen LogP contribution in [0.4, 0.5) is 4.79 Å². The average Bonchev–Trinajstić information content (AvgIpc) is 3.05. The highest BCUT2D eigenvalue weighted by atomic mass is 16.2. The molecule has 112 valence electrons. The molecular weight excluding hydrogens is 286 g/mol. The Balaban J connectivity index is 1.47. The van der Waals surface area contributed by atoms with Crippen LogP contribution in [0, 0.1) is 0 Å². The monoisotopic (exact) mass is 299 g/mol. The number of carbonyl (C=O) groups is 3. The predicted molar refractivity (Wildman–Crippen MR) is 76.0 cm³/mol. The Labute approximate surface area is 125 Å². The smallest absolute Gasteiger partial charge is 0.324 e. The molecule has 0 atom stereocenters. The van der Waals surface area contributed by atoms with Gasteiger partial charge in [0, 0.05) is 18.7 Å². The molecule has 2 fully saturated rings. The van der Waals surface area contributed by atoms with E-state index in [1.54, 1.807) is 29.4 Å². The molecule has 22 heavy (non-hydrogen) atoms. The first kappa shape index (κ1) is 12.8. The van der Waals surface area contributed by atoms with Gasteiger partial charge >= 0.3 is 6.03 Å². The van der Waals surface area contributed by atoms with Crippen molar-refractivity contribution in [2.24, 2.45) is 0 Å². The van der Waals surface area contributed by atoms with E-state index in [1.165, 1.54) is 4.90 Å². The number of urea groups is 1. The number of fused-ring (bicyclic) bond motifs is 1. The summed E-state index contributed by atoms with van der Waals surface area (Å²) >= 11 is 0. The summed E-state index contributed by atoms with van der Waals surface area (Å²) in [5, 5.41) is 2.48. The maximum absolute atomic E-state index is 12.4. The summed E-state index contributed by atoms with van der Waals surface area (Å²) < 4.78 is 0. The molecule has 0 saturated carbocycles. The summed E-state index contributed by atoms with van der Waals surface area (Å²) in [5.41, 5.74) is 2.17. The molecule has 2 aromatic rings. The molecule has 0 bridgehead atoms. The Morgan fingerprint density at radius 1 is 1.27 bits per heavy atom. The topological polar surface area (TPSA) is 98.4 Å². The predicted octanol–water partition coefficient (Wildman–Crippen LogP) is -0.0609. The number of rotatable bonds is 2. The lowest BCUT2D eigenvalue weighted by molar-refractivity contribution is -0.128. The molecule has 8 nitrogen and oxygen atoms in total. The van der Waals surface area contributed by atoms with Gasteiger partial charge in [0.25, 0.3) is 5.91 Å². The third-order valence-corrected chi connectivity index (χ3v) is 4.06. The van der Waals surface area contributed by atoms with E-state index in [4.69, 9.17) is 0 Å². The van der Waals surface area contributed by atoms with Gasteiger partial charge in [-0.1, -0.05) is 0 Å². The van der Waals surface area contributed by atoms with Crippen molar-refractivity contribution < 1.29 is 14.4 Å². The summed E-state index contributed by atoms with van der Waals surface area (Å²) in [6.07, 6.45) is 1.58. The maximum Gasteiger partial charge on any atom is 0.324 e. The van der Waals surface area contributed by atoms with Gasteiger partial charge in [-0.3, -0.25) is 14.5 Å². The zero-order valence-electron chi connectivity index (χ0n) is 11.6. The number of imide groups is 1. The van der Waals surface area contributed by atoms with Gasteiger partial charge in [0.05, 0.1) is 29.9 Å². The van der Waals surface area contributed by atoms with Gasteiger partial charge in [-0.2, -0.15) is 0 Å². The number of benzene rings is 1. The molecule has 2 saturated heterocycles. The largest absolute Gasteiger partial charge is 0.345 e. The van der Waals surface area contributed by atoms with Crippen molar-refractivity contribution in [2.75, 3.05) is 19.6 Å². The Morgan fingerprint density at radius 2 is 2.09 bits per heavy atom. The molecule has 0 unspecified atom stereocenters. The van der Waals surface area contributed by atoms with Gasteiger partial charge in [0.2, 0.25) is 5.91 Å². The Bertz CT molecular complexity index is 777. The van der Waals surface area contributed by atoms with Gasteiger partial charge in [-0.05, 0) is 18.2 Å². The van der Waals surface area contributed by atoms with Crippen LogP contribution in [-0.4, -0.2) is 63.3 Å². The molecule has 4 amide bonds. The van der Waals surface area contributed by atoms with Gasteiger partial charge < -0.3 is 15.2 Å². The summed E-state index contributed by atoms with van der Waals surface area (Å²) in [6, 6.07) is 4.67. The Morgan fingerprint density at radius 3 is 2.82 bits per heavy atom. The highest BCUT2D eigenvalue weighted by molar-refractivity contribution is 6.03. The Hall–Kier alpha value is -2.90. The third kappa shape index (κ3) is 1.84. The van der Waals surface area contributed by atoms with Gasteiger partial charge in [-0.25, -0.2) is 9.78 Å². The molecule has 2 aliphatic heterocycles. The lowest BCUT2D eigenvalue weighted by atomic mass is 10.0. The summed E-state index contributed by atoms with van der Waals surface area (Å²) in [5.74, 6) is -0.346. The van der Waals surface area contributed by atoms with E-state index in [9.17, 15) is 14.4 Å². The van der Waals surface area contributed by atoms with Crippen molar-refractivity contribution in [3.05, 3.63) is 30.1 Å². The molecule has 0 aliphatic carbocycles. The fraction of sp³-hybridized carbons (Fsp3) is 0.286. The number of hydrogen-bond donors (Lipinski definition) is 2. The number of nitrogens with zero attached hydrogens (tertiary/aromatic N) is 3. The first-order chi connectivity index (χ1) is 10.6. The molecule has 0 radical (unpaired) electrons. The lowest BCUT2D eigenvalue weighted by Gasteiger charge is -2.42. The first-order valence-electron chi connectivity index (χ1n) is 6.96. The zero-order valence-corrected chi connectivity index (χ0v) is 11.6. The fourth-order valence-electron chi connectivity index (χ4n) is 2.84. The lowest BCUT2D eigenvalue weighted by Crippen LogP contribution is -2.62. The second-order valence-electron chi connectivity index (χ2n) is 5.42. The Kier molecular flexibility index (Phi) is 2.65. The number of nitrogens with one attached hydrogen (secondary N) is 2. The van der Waals surface area contributed by atoms with Crippen molar-refractivity contribution in [3.63, 3.8) is 0 Å². The van der Waals surface area contributed by atoms with Gasteiger partial charge in [0.15, 0.2) is 0 Å². The second-order valence-corrected chi connectivity index (χ2v) is 5.42. The average molecular weight is 299 g/mol. The normalized spacial score (nSPS) is 18.7. The summed E-state index contributed by atoms with van der Waals surface area (Å²) in [7, 11) is 0. The van der Waals surface area contributed by atoms with Gasteiger partial charge in [-0.15, -0.1) is 0 Å². The number of aromatic nitrogens is 2. The fourth-order valence-corrected chi connectivity index (χ4v) is 2.84. The molecule has 2 aliphatic rings. The molecule has 4 rings (SSSR count). The molecule has 2 N–H and O–H groups in total. The van der Waals surface area contributed by atoms with E-state index in [0.29, 0.717) is 18.7 Å². The van der Waals surface area contributed by atoms with E-state index < -0.39 is 0 Å². The highest BCUT2D eigenvalue weighted by Gasteiger charge is 2.43. The molecule has 8 heteroatoms. The molecule has 1 aromatic heterocycles. The van der Waals surface area contributed by atoms with Crippen LogP contribution in [0.3, 0.4) is 0 Å². The molecule has 1 aromatic carbocycles. The van der Waals surface area contributed by atoms with Crippen LogP contribution >= 0.6 is 0 Å². The summed E-state index contributed by atoms with van der Waals surface area (Å²) in [6.45, 7) is 0.789. The van der Waals surface area contributed by atoms with E-state index in [0.717, 1.165) is 11.0 Å². The minimum Gasteiger partial charge on any atom is -0.345 e. The number of likely N-dealkylation sites (tertiary alicyclic amines) is 1. The van der Waals surface area contributed by atoms with E-state index >= 15 is 0 Å². The van der Waals surface area contributed by atoms with Crippen molar-refractivity contribution >= 4 is 28.9 Å². The minimum atomic E-state index is -0.374. The number of carbonyl (C=O) groups excluding carboxylic acids is 3. The van der Waals surface area contributed by atoms with E-state index in [-0.39, 0.29) is 30.4 Å². The van der Waals surface area contributed by atoms with Crippen LogP contribution in [0.5, 0.6) is 0 Å². The van der Waals surface area contributed by atoms with Crippen molar-refractivity contribution in [1.82, 2.24) is 25.1 Å². The van der Waals surface area contributed by atoms with Crippen LogP contribution in [0.1, 0.15) is 10.4 Å². The first-order valence-corrected chi connectivity index (χ1v) is 6.96. The van der Waals surface area contributed by atoms with Crippen molar-refractivity contribution in [3.8, 4) is 0 Å². The molecule has 0 spiro atoms. The van der Waals surface area contributed by atoms with Crippen molar-refractivity contribution in [2.45, 2.75) is 6.04 Å². The SMILES string of the molecule is O=C(c1ccc2nc[nH]c2c1)N1CC(N2C(=O)CNC2=O)C1. The number of hydrogen-bond acceptors (Lipinski definition) is 4. The summed E-state index contributed by atoms with van der Waals surface area (Å²) in [4.78, 5) is 45.5. The minimum absolute atomic E-state index is 0.0414. The molecular formula is C14H13N5O3. The number of amides is 4. The van der Waals surface area contributed by atoms with Crippen LogP contribution in [-0.2, 0) is 4.79 Å². The highest BCUT2D eigenvalue weighted by Crippen LogP contribution is 2.21. The van der Waals surface area contributed by atoms with Crippen LogP contribution in [0.15, 0.2) is 24.5 Å². The van der Waals surface area contributed by atoms with E-state index in [2.05, 4.69) is 15.3 Å². The number of imidazole rings is 1. The quantitative estimate of drug-likeness (QED) is 0.759. The second kappa shape index (κ2) is 4.55. The zero-order chi connectivity index (χ0) is 15.3. The number of H-pyrrole nitrogens is 1. The van der Waals surface area contributed by atoms with Crippen LogP contribution in [0.2, 0.25) is 0 Å². The maximum atomic E-state index is 12.4. The number of aromatic amines is 1. The molecule has 3 heterocycles. The van der Waals surface area contributed by atoms with Crippen molar-refractivity contribution in [1.29, 1.82) is 0 Å². The standard InChI is InChI=1S/C14H13N5O3/c20-12-4-15-14(22)19(12)9-5-18(6-9)13(21)8-1-2-10-11(3-8)17-7-16-10/h1-3,7,9H,4-6H2,(H,15,22)(H,16,17). The van der Waals surface area contributed by atoms with Crippen LogP contribution < -0.4 is 5.32 Å². The van der Waals surface area contributed by atoms with E-state index in [1.807, 2.05) is 0 Å². The van der Waals surface area contributed by atoms with Gasteiger partial charge in [0.1, 0.15) is 0 Å².